The van der Waals surface area contributed by atoms with Crippen LogP contribution in [0.4, 0.5) is 0 Å². The molecule has 2 atom stereocenters. The summed E-state index contributed by atoms with van der Waals surface area (Å²) in [4.78, 5) is 37.7. The maximum Gasteiger partial charge on any atom is 0.306 e. The lowest BCUT2D eigenvalue weighted by atomic mass is 10.0. The third-order valence-corrected chi connectivity index (χ3v) is 19.3. The van der Waals surface area contributed by atoms with Gasteiger partial charge in [-0.3, -0.25) is 9.59 Å². The lowest BCUT2D eigenvalue weighted by Gasteiger charge is -2.26. The lowest BCUT2D eigenvalue weighted by molar-refractivity contribution is -0.870. The van der Waals surface area contributed by atoms with Crippen LogP contribution in [0.1, 0.15) is 412 Å². The number of nitrogens with zero attached hydrogens (tertiary/aromatic N) is 1. The maximum absolute atomic E-state index is 13.0. The summed E-state index contributed by atoms with van der Waals surface area (Å²) >= 11 is 0. The first kappa shape index (κ1) is 97.2. The third-order valence-electron chi connectivity index (χ3n) is 19.3. The molecule has 2 unspecified atom stereocenters. The minimum atomic E-state index is -1.62. The topological polar surface area (TPSA) is 111 Å². The zero-order valence-corrected chi connectivity index (χ0v) is 67.3. The Labute approximate surface area is 626 Å². The van der Waals surface area contributed by atoms with Gasteiger partial charge in [-0.15, -0.1) is 0 Å². The average Bonchev–Trinajstić information content (AvgIpc) is 1.21. The molecule has 0 aliphatic heterocycles. The maximum atomic E-state index is 13.0. The van der Waals surface area contributed by atoms with Crippen LogP contribution in [-0.2, 0) is 33.3 Å². The van der Waals surface area contributed by atoms with Crippen molar-refractivity contribution in [2.45, 2.75) is 424 Å². The summed E-state index contributed by atoms with van der Waals surface area (Å²) in [6, 6.07) is 0. The molecule has 0 radical (unpaired) electrons. The quantitative estimate of drug-likeness (QED) is 0.0195. The van der Waals surface area contributed by atoms with Gasteiger partial charge in [0.25, 0.3) is 0 Å². The Morgan fingerprint density at radius 3 is 0.851 bits per heavy atom. The predicted octanol–water partition coefficient (Wildman–Crippen LogP) is 26.9. The van der Waals surface area contributed by atoms with E-state index in [1.165, 1.54) is 302 Å². The van der Waals surface area contributed by atoms with Gasteiger partial charge in [-0.2, -0.15) is 0 Å². The smallest absolute Gasteiger partial charge is 0.306 e. The van der Waals surface area contributed by atoms with Crippen LogP contribution in [0.3, 0.4) is 0 Å². The molecule has 9 heteroatoms. The summed E-state index contributed by atoms with van der Waals surface area (Å²) < 4.78 is 22.9. The molecule has 0 aromatic carbocycles. The molecule has 0 rings (SSSR count). The van der Waals surface area contributed by atoms with Crippen molar-refractivity contribution in [1.82, 2.24) is 0 Å². The summed E-state index contributed by atoms with van der Waals surface area (Å²) in [6.45, 7) is 4.70. The zero-order valence-electron chi connectivity index (χ0n) is 67.3. The molecule has 0 aromatic rings. The summed E-state index contributed by atoms with van der Waals surface area (Å²) in [6.07, 6.45) is 111. The molecule has 0 bridgehead atoms. The van der Waals surface area contributed by atoms with Crippen LogP contribution in [-0.4, -0.2) is 82.3 Å². The molecular weight excluding hydrogens is 1250 g/mol. The Bertz CT molecular complexity index is 1990. The monoisotopic (exact) mass is 1410 g/mol. The van der Waals surface area contributed by atoms with Crippen molar-refractivity contribution < 1.29 is 42.9 Å². The first-order valence-electron chi connectivity index (χ1n) is 43.4. The van der Waals surface area contributed by atoms with E-state index >= 15 is 0 Å². The number of carbonyl (C=O) groups is 3. The molecule has 0 amide bonds. The van der Waals surface area contributed by atoms with E-state index in [9.17, 15) is 19.5 Å². The number of rotatable bonds is 81. The van der Waals surface area contributed by atoms with Crippen molar-refractivity contribution in [3.8, 4) is 0 Å². The van der Waals surface area contributed by atoms with E-state index in [4.69, 9.17) is 18.9 Å². The molecule has 0 N–H and O–H groups in total. The molecule has 0 aliphatic rings. The van der Waals surface area contributed by atoms with Crippen LogP contribution in [0.2, 0.25) is 0 Å². The van der Waals surface area contributed by atoms with E-state index < -0.39 is 24.3 Å². The number of allylic oxidation sites excluding steroid dienone is 16. The molecule has 0 saturated heterocycles. The summed E-state index contributed by atoms with van der Waals surface area (Å²) in [5, 5.41) is 11.9. The number of likely N-dealkylation sites (N-methyl/N-ethyl adjacent to an activating group) is 1. The molecule has 586 valence electrons. The second-order valence-corrected chi connectivity index (χ2v) is 30.4. The largest absolute Gasteiger partial charge is 0.545 e. The Hall–Kier alpha value is -3.79. The number of hydrogen-bond donors (Lipinski definition) is 0. The summed E-state index contributed by atoms with van der Waals surface area (Å²) in [5.41, 5.74) is 0. The molecule has 0 spiro atoms. The van der Waals surface area contributed by atoms with Gasteiger partial charge in [0, 0.05) is 12.8 Å². The van der Waals surface area contributed by atoms with Gasteiger partial charge < -0.3 is 33.3 Å². The van der Waals surface area contributed by atoms with Crippen molar-refractivity contribution >= 4 is 17.9 Å². The Balaban J connectivity index is 3.95. The van der Waals surface area contributed by atoms with Crippen molar-refractivity contribution in [3.05, 3.63) is 97.2 Å². The van der Waals surface area contributed by atoms with Crippen molar-refractivity contribution in [2.24, 2.45) is 0 Å². The number of carboxylic acids is 1. The average molecular weight is 1410 g/mol. The summed E-state index contributed by atoms with van der Waals surface area (Å²) in [5.74, 6) is -2.26. The number of ether oxygens (including phenoxy) is 4. The Morgan fingerprint density at radius 2 is 0.564 bits per heavy atom. The Morgan fingerprint density at radius 1 is 0.307 bits per heavy atom. The van der Waals surface area contributed by atoms with E-state index in [1.807, 2.05) is 21.1 Å². The van der Waals surface area contributed by atoms with Gasteiger partial charge in [0.2, 0.25) is 0 Å². The first-order valence-corrected chi connectivity index (χ1v) is 43.4. The van der Waals surface area contributed by atoms with Gasteiger partial charge in [-0.25, -0.2) is 0 Å². The van der Waals surface area contributed by atoms with E-state index in [2.05, 4.69) is 111 Å². The van der Waals surface area contributed by atoms with Crippen LogP contribution in [0.15, 0.2) is 97.2 Å². The summed E-state index contributed by atoms with van der Waals surface area (Å²) in [7, 11) is 5.95. The highest BCUT2D eigenvalue weighted by atomic mass is 16.7. The number of carbonyl (C=O) groups excluding carboxylic acids is 3. The number of unbranched alkanes of at least 4 members (excludes halogenated alkanes) is 50. The number of esters is 2. The van der Waals surface area contributed by atoms with Crippen molar-refractivity contribution in [2.75, 3.05) is 47.5 Å². The molecule has 0 saturated carbocycles. The van der Waals surface area contributed by atoms with E-state index in [1.54, 1.807) is 0 Å². The second kappa shape index (κ2) is 81.9. The third kappa shape index (κ3) is 83.4. The fourth-order valence-electron chi connectivity index (χ4n) is 12.8. The number of hydrogen-bond acceptors (Lipinski definition) is 8. The van der Waals surface area contributed by atoms with Crippen LogP contribution in [0.25, 0.3) is 0 Å². The van der Waals surface area contributed by atoms with Crippen LogP contribution >= 0.6 is 0 Å². The van der Waals surface area contributed by atoms with Gasteiger partial charge in [0.05, 0.1) is 40.3 Å². The standard InChI is InChI=1S/C92H165NO8/c1-6-8-10-12-14-16-18-20-22-24-26-28-30-32-34-36-38-40-42-43-44-45-46-47-49-51-53-55-57-59-61-63-65-67-69-71-73-75-77-79-81-83-90(95)101-88(87-100-92(91(96)97)98-85-84-93(3,4)5)86-99-89(94)82-80-78-76-74-72-70-68-66-64-62-60-58-56-54-52-50-48-41-39-37-35-33-31-29-27-25-23-21-19-17-15-13-11-9-7-2/h8,10,14,16,20,22,25-28,32,34,38,40,43-44,88,92H,6-7,9,11-13,15,17-19,21,23-24,29-31,33,35-37,39,41-42,45-87H2,1-5H3/b10-8-,16-14-,22-20-,27-25-,28-26-,34-32-,40-38-,44-43-. The van der Waals surface area contributed by atoms with Crippen molar-refractivity contribution in [3.63, 3.8) is 0 Å². The van der Waals surface area contributed by atoms with E-state index in [0.717, 1.165) is 77.0 Å². The molecular formula is C92H165NO8. The molecule has 9 nitrogen and oxygen atoms in total. The minimum Gasteiger partial charge on any atom is -0.545 e. The molecule has 0 aromatic heterocycles. The highest BCUT2D eigenvalue weighted by molar-refractivity contribution is 5.70. The second-order valence-electron chi connectivity index (χ2n) is 30.4. The number of aliphatic carboxylic acids is 1. The SMILES string of the molecule is CC/C=C\C/C=C\C/C=C\C/C=C\C/C=C\C/C=C\C/C=C\CCCCCCCCCCCCCCCCCCCCCC(=O)OC(COC(=O)CCCCCCCCCCCCCCCCCCCCCCCCC/C=C\CCCCCCCCCC)COC(OCC[N+](C)(C)C)C(=O)[O-]. The minimum absolute atomic E-state index is 0.148. The van der Waals surface area contributed by atoms with Gasteiger partial charge in [-0.1, -0.05) is 400 Å². The molecule has 101 heavy (non-hydrogen) atoms. The highest BCUT2D eigenvalue weighted by Gasteiger charge is 2.22. The number of quaternary nitrogens is 1. The first-order chi connectivity index (χ1) is 49.6. The van der Waals surface area contributed by atoms with Crippen LogP contribution in [0, 0.1) is 0 Å². The fourth-order valence-corrected chi connectivity index (χ4v) is 12.8. The predicted molar refractivity (Wildman–Crippen MR) is 435 cm³/mol. The van der Waals surface area contributed by atoms with Gasteiger partial charge in [0.15, 0.2) is 12.4 Å². The number of carboxylic acid groups (broad SMARTS) is 1. The normalized spacial score (nSPS) is 13.1. The lowest BCUT2D eigenvalue weighted by Crippen LogP contribution is -2.44. The molecule has 0 aliphatic carbocycles. The van der Waals surface area contributed by atoms with Gasteiger partial charge in [0.1, 0.15) is 13.2 Å². The van der Waals surface area contributed by atoms with Gasteiger partial charge in [-0.05, 0) is 96.3 Å². The van der Waals surface area contributed by atoms with Crippen LogP contribution in [0.5, 0.6) is 0 Å². The molecule has 0 heterocycles. The van der Waals surface area contributed by atoms with Crippen LogP contribution < -0.4 is 5.11 Å². The van der Waals surface area contributed by atoms with E-state index in [-0.39, 0.29) is 32.2 Å². The highest BCUT2D eigenvalue weighted by Crippen LogP contribution is 2.20. The van der Waals surface area contributed by atoms with Gasteiger partial charge >= 0.3 is 11.9 Å². The van der Waals surface area contributed by atoms with Crippen molar-refractivity contribution in [1.29, 1.82) is 0 Å². The zero-order chi connectivity index (χ0) is 73.2. The molecule has 0 fully saturated rings. The fraction of sp³-hybridized carbons (Fsp3) is 0.793. The Kier molecular flexibility index (Phi) is 78.8. The van der Waals surface area contributed by atoms with E-state index in [0.29, 0.717) is 23.9 Å².